The maximum atomic E-state index is 11.6. The van der Waals surface area contributed by atoms with Crippen LogP contribution in [0.25, 0.3) is 0 Å². The van der Waals surface area contributed by atoms with Crippen LogP contribution < -0.4 is 0 Å². The van der Waals surface area contributed by atoms with Gasteiger partial charge >= 0.3 is 5.97 Å². The third-order valence-corrected chi connectivity index (χ3v) is 8.54. The van der Waals surface area contributed by atoms with Gasteiger partial charge in [0.1, 0.15) is 6.10 Å². The summed E-state index contributed by atoms with van der Waals surface area (Å²) in [5, 5.41) is 0. The van der Waals surface area contributed by atoms with Crippen molar-refractivity contribution in [2.45, 2.75) is 193 Å². The summed E-state index contributed by atoms with van der Waals surface area (Å²) in [7, 11) is 0. The number of epoxide rings is 1. The number of unbranched alkanes of at least 4 members (excludes halogenated alkanes) is 18. The molecule has 0 spiro atoms. The zero-order chi connectivity index (χ0) is 28.5. The van der Waals surface area contributed by atoms with Crippen molar-refractivity contribution in [3.63, 3.8) is 0 Å². The fourth-order valence-corrected chi connectivity index (χ4v) is 5.90. The Bertz CT molecular complexity index is 706. The minimum absolute atomic E-state index is 0.0259. The highest BCUT2D eigenvalue weighted by Gasteiger charge is 2.36. The van der Waals surface area contributed by atoms with E-state index < -0.39 is 0 Å². The van der Waals surface area contributed by atoms with Gasteiger partial charge in [-0.25, -0.2) is 4.79 Å². The Labute approximate surface area is 248 Å². The van der Waals surface area contributed by atoms with E-state index in [-0.39, 0.29) is 12.1 Å². The van der Waals surface area contributed by atoms with Gasteiger partial charge in [-0.15, -0.1) is 0 Å². The standard InChI is InChI=1S/C37H64O3/c1-3-4-5-6-7-8-9-10-11-12-13-14-15-16-17-21-24-27-30-35-36(40-35)31-28-25-22-19-18-20-23-26-29-34-32-33(2)39-37(34)38/h14-15,21,24,32-33,35-36H,3-13,16-20,22-23,25-31H2,1-2H3/b15-14-,24-21-/t33-,35-,36-/m1/s1. The number of esters is 1. The lowest BCUT2D eigenvalue weighted by Crippen LogP contribution is -2.03. The van der Waals surface area contributed by atoms with Gasteiger partial charge in [0.05, 0.1) is 12.2 Å². The van der Waals surface area contributed by atoms with E-state index in [2.05, 4.69) is 31.2 Å². The van der Waals surface area contributed by atoms with Crippen molar-refractivity contribution in [3.05, 3.63) is 36.0 Å². The first-order valence-corrected chi connectivity index (χ1v) is 17.6. The lowest BCUT2D eigenvalue weighted by molar-refractivity contribution is -0.139. The summed E-state index contributed by atoms with van der Waals surface area (Å²) < 4.78 is 11.1. The highest BCUT2D eigenvalue weighted by Crippen LogP contribution is 2.31. The summed E-state index contributed by atoms with van der Waals surface area (Å²) in [6.45, 7) is 4.22. The average molecular weight is 557 g/mol. The van der Waals surface area contributed by atoms with Gasteiger partial charge in [-0.1, -0.05) is 134 Å². The summed E-state index contributed by atoms with van der Waals surface area (Å²) in [4.78, 5) is 11.6. The molecule has 0 aliphatic carbocycles. The molecule has 230 valence electrons. The molecule has 0 N–H and O–H groups in total. The molecule has 0 aromatic carbocycles. The fourth-order valence-electron chi connectivity index (χ4n) is 5.90. The maximum absolute atomic E-state index is 11.6. The second kappa shape index (κ2) is 24.3. The average Bonchev–Trinajstić information content (AvgIpc) is 3.61. The molecule has 0 unspecified atom stereocenters. The highest BCUT2D eigenvalue weighted by molar-refractivity contribution is 5.90. The molecule has 3 heteroatoms. The molecule has 1 saturated heterocycles. The molecule has 0 bridgehead atoms. The number of rotatable bonds is 28. The van der Waals surface area contributed by atoms with Crippen molar-refractivity contribution in [2.24, 2.45) is 0 Å². The van der Waals surface area contributed by atoms with Gasteiger partial charge in [0, 0.05) is 5.57 Å². The van der Waals surface area contributed by atoms with Crippen molar-refractivity contribution < 1.29 is 14.3 Å². The third-order valence-electron chi connectivity index (χ3n) is 8.54. The lowest BCUT2D eigenvalue weighted by atomic mass is 10.0. The van der Waals surface area contributed by atoms with E-state index in [9.17, 15) is 4.79 Å². The Hall–Kier alpha value is -1.35. The van der Waals surface area contributed by atoms with E-state index in [1.54, 1.807) is 0 Å². The number of carbonyl (C=O) groups is 1. The van der Waals surface area contributed by atoms with Gasteiger partial charge in [-0.3, -0.25) is 0 Å². The molecule has 2 aliphatic heterocycles. The number of cyclic esters (lactones) is 1. The van der Waals surface area contributed by atoms with Crippen LogP contribution in [0.3, 0.4) is 0 Å². The Balaban J connectivity index is 1.25. The topological polar surface area (TPSA) is 38.8 Å². The molecule has 40 heavy (non-hydrogen) atoms. The largest absolute Gasteiger partial charge is 0.455 e. The molecule has 1 fully saturated rings. The second-order valence-electron chi connectivity index (χ2n) is 12.5. The molecule has 2 rings (SSSR count). The second-order valence-corrected chi connectivity index (χ2v) is 12.5. The molecular weight excluding hydrogens is 492 g/mol. The highest BCUT2D eigenvalue weighted by atomic mass is 16.6. The van der Waals surface area contributed by atoms with Crippen LogP contribution >= 0.6 is 0 Å². The Morgan fingerprint density at radius 1 is 0.600 bits per heavy atom. The van der Waals surface area contributed by atoms with E-state index in [0.717, 1.165) is 18.4 Å². The summed E-state index contributed by atoms with van der Waals surface area (Å²) in [6, 6.07) is 0. The molecule has 0 aromatic rings. The number of hydrogen-bond acceptors (Lipinski definition) is 3. The Morgan fingerprint density at radius 3 is 1.70 bits per heavy atom. The fraction of sp³-hybridized carbons (Fsp3) is 0.811. The molecule has 0 radical (unpaired) electrons. The van der Waals surface area contributed by atoms with Crippen LogP contribution in [-0.2, 0) is 14.3 Å². The minimum Gasteiger partial charge on any atom is -0.455 e. The van der Waals surface area contributed by atoms with Crippen LogP contribution in [0.4, 0.5) is 0 Å². The lowest BCUT2D eigenvalue weighted by Gasteiger charge is -2.02. The minimum atomic E-state index is -0.0982. The zero-order valence-corrected chi connectivity index (χ0v) is 26.5. The van der Waals surface area contributed by atoms with Gasteiger partial charge in [0.2, 0.25) is 0 Å². The van der Waals surface area contributed by atoms with Crippen LogP contribution in [0.5, 0.6) is 0 Å². The predicted octanol–water partition coefficient (Wildman–Crippen LogP) is 11.5. The monoisotopic (exact) mass is 556 g/mol. The summed E-state index contributed by atoms with van der Waals surface area (Å²) in [5.74, 6) is -0.0982. The van der Waals surface area contributed by atoms with Crippen LogP contribution in [0.1, 0.15) is 174 Å². The normalized spacial score (nSPS) is 20.6. The number of hydrogen-bond donors (Lipinski definition) is 0. The first-order chi connectivity index (χ1) is 19.7. The van der Waals surface area contributed by atoms with Crippen molar-refractivity contribution in [1.82, 2.24) is 0 Å². The smallest absolute Gasteiger partial charge is 0.334 e. The number of ether oxygens (including phenoxy) is 2. The quantitative estimate of drug-likeness (QED) is 0.0416. The van der Waals surface area contributed by atoms with E-state index in [4.69, 9.17) is 9.47 Å². The van der Waals surface area contributed by atoms with Gasteiger partial charge in [0.15, 0.2) is 0 Å². The van der Waals surface area contributed by atoms with Crippen molar-refractivity contribution >= 4 is 5.97 Å². The third kappa shape index (κ3) is 18.9. The van der Waals surface area contributed by atoms with Crippen molar-refractivity contribution in [2.75, 3.05) is 0 Å². The molecule has 0 amide bonds. The van der Waals surface area contributed by atoms with E-state index >= 15 is 0 Å². The van der Waals surface area contributed by atoms with E-state index in [0.29, 0.717) is 12.2 Å². The van der Waals surface area contributed by atoms with Crippen LogP contribution in [0, 0.1) is 0 Å². The number of carbonyl (C=O) groups excluding carboxylic acids is 1. The number of allylic oxidation sites excluding steroid dienone is 4. The van der Waals surface area contributed by atoms with Gasteiger partial charge < -0.3 is 9.47 Å². The molecule has 2 heterocycles. The molecule has 2 aliphatic rings. The van der Waals surface area contributed by atoms with E-state index in [1.807, 2.05) is 13.0 Å². The van der Waals surface area contributed by atoms with Crippen LogP contribution in [-0.4, -0.2) is 24.3 Å². The molecule has 0 saturated carbocycles. The van der Waals surface area contributed by atoms with Crippen LogP contribution in [0.2, 0.25) is 0 Å². The summed E-state index contributed by atoms with van der Waals surface area (Å²) in [6.07, 6.45) is 45.2. The SMILES string of the molecule is CCCCCCCCCCCC/C=C\CC/C=C\CC[C@H]1O[C@@H]1CCCCCCCCCCC1=C[C@@H](C)OC1=O. The van der Waals surface area contributed by atoms with Crippen molar-refractivity contribution in [3.8, 4) is 0 Å². The zero-order valence-electron chi connectivity index (χ0n) is 26.5. The van der Waals surface area contributed by atoms with Crippen LogP contribution in [0.15, 0.2) is 36.0 Å². The predicted molar refractivity (Wildman–Crippen MR) is 172 cm³/mol. The first-order valence-electron chi connectivity index (χ1n) is 17.6. The molecular formula is C37H64O3. The van der Waals surface area contributed by atoms with Gasteiger partial charge in [-0.05, 0) is 70.8 Å². The molecule has 0 aromatic heterocycles. The van der Waals surface area contributed by atoms with Gasteiger partial charge in [0.25, 0.3) is 0 Å². The Kier molecular flexibility index (Phi) is 21.1. The maximum Gasteiger partial charge on any atom is 0.334 e. The summed E-state index contributed by atoms with van der Waals surface area (Å²) >= 11 is 0. The van der Waals surface area contributed by atoms with Gasteiger partial charge in [-0.2, -0.15) is 0 Å². The Morgan fingerprint density at radius 2 is 1.10 bits per heavy atom. The summed E-state index contributed by atoms with van der Waals surface area (Å²) in [5.41, 5.74) is 0.891. The first kappa shape index (κ1) is 34.8. The molecule has 3 nitrogen and oxygen atoms in total. The van der Waals surface area contributed by atoms with E-state index in [1.165, 1.54) is 148 Å². The van der Waals surface area contributed by atoms with Crippen molar-refractivity contribution in [1.29, 1.82) is 0 Å². The molecule has 3 atom stereocenters.